The van der Waals surface area contributed by atoms with Crippen LogP contribution in [0.4, 0.5) is 11.5 Å². The van der Waals surface area contributed by atoms with Gasteiger partial charge in [0.1, 0.15) is 5.75 Å². The Bertz CT molecular complexity index is 742. The Labute approximate surface area is 150 Å². The molecule has 0 radical (unpaired) electrons. The number of phenols is 1. The molecule has 5 heteroatoms. The molecule has 0 saturated carbocycles. The fraction of sp³-hybridized carbons (Fsp3) is 0.400. The topological polar surface area (TPSA) is 75.3 Å². The third-order valence-corrected chi connectivity index (χ3v) is 4.50. The van der Waals surface area contributed by atoms with Crippen molar-refractivity contribution in [2.24, 2.45) is 5.92 Å². The van der Waals surface area contributed by atoms with E-state index >= 15 is 0 Å². The van der Waals surface area contributed by atoms with E-state index in [1.807, 2.05) is 18.2 Å². The Hall–Kier alpha value is -2.56. The number of hydrogen-bond acceptors (Lipinski definition) is 5. The van der Waals surface area contributed by atoms with Gasteiger partial charge in [0, 0.05) is 18.7 Å². The molecule has 2 rings (SSSR count). The van der Waals surface area contributed by atoms with E-state index in [1.54, 1.807) is 12.1 Å². The highest BCUT2D eigenvalue weighted by Gasteiger charge is 2.16. The number of hydrogen-bond donors (Lipinski definition) is 2. The highest BCUT2D eigenvalue weighted by atomic mass is 16.3. The van der Waals surface area contributed by atoms with Crippen LogP contribution in [0.1, 0.15) is 34.1 Å². The molecule has 134 valence electrons. The lowest BCUT2D eigenvalue weighted by Gasteiger charge is -2.28. The number of allylic oxidation sites excluding steroid dienone is 1. The summed E-state index contributed by atoms with van der Waals surface area (Å²) in [6.07, 6.45) is 3.30. The summed E-state index contributed by atoms with van der Waals surface area (Å²) in [6, 6.07) is 9.03. The van der Waals surface area contributed by atoms with Crippen LogP contribution in [0.3, 0.4) is 0 Å². The second-order valence-corrected chi connectivity index (χ2v) is 6.31. The Morgan fingerprint density at radius 2 is 2.00 bits per heavy atom. The van der Waals surface area contributed by atoms with Gasteiger partial charge in [0.05, 0.1) is 11.4 Å². The highest BCUT2D eigenvalue weighted by Crippen LogP contribution is 2.31. The first-order valence-electron chi connectivity index (χ1n) is 8.81. The molecule has 0 unspecified atom stereocenters. The monoisotopic (exact) mass is 340 g/mol. The number of aromatic nitrogens is 2. The van der Waals surface area contributed by atoms with Crippen molar-refractivity contribution in [2.75, 3.05) is 23.7 Å². The summed E-state index contributed by atoms with van der Waals surface area (Å²) >= 11 is 0. The number of nitrogen functional groups attached to an aromatic ring is 1. The van der Waals surface area contributed by atoms with Crippen molar-refractivity contribution in [3.05, 3.63) is 42.0 Å². The maximum atomic E-state index is 10.1. The maximum absolute atomic E-state index is 10.1. The molecule has 0 saturated heterocycles. The lowest BCUT2D eigenvalue weighted by molar-refractivity contribution is 0.477. The standard InChI is InChI=1S/C20H28N4O/c1-5-9-14(3)15(4)13-24(6-2)18-12-17(22-23-20(18)21)16-10-7-8-11-19(16)25/h7-12,15,25H,5-6,13H2,1-4H3,(H2,21,23)/b14-9-/t15-/m1/s1. The predicted molar refractivity (Wildman–Crippen MR) is 105 cm³/mol. The number of para-hydroxylation sites is 1. The predicted octanol–water partition coefficient (Wildman–Crippen LogP) is 4.25. The lowest BCUT2D eigenvalue weighted by Crippen LogP contribution is -2.29. The molecule has 2 aromatic rings. The normalized spacial score (nSPS) is 12.9. The molecule has 0 aliphatic rings. The first kappa shape index (κ1) is 18.8. The molecule has 1 heterocycles. The zero-order valence-electron chi connectivity index (χ0n) is 15.5. The van der Waals surface area contributed by atoms with Crippen LogP contribution in [0.15, 0.2) is 42.0 Å². The van der Waals surface area contributed by atoms with E-state index in [4.69, 9.17) is 5.73 Å². The molecule has 0 aliphatic heterocycles. The molecule has 1 aromatic carbocycles. The molecule has 1 aromatic heterocycles. The van der Waals surface area contributed by atoms with Gasteiger partial charge in [-0.2, -0.15) is 0 Å². The van der Waals surface area contributed by atoms with E-state index in [-0.39, 0.29) is 5.75 Å². The zero-order valence-corrected chi connectivity index (χ0v) is 15.5. The van der Waals surface area contributed by atoms with Crippen LogP contribution in [-0.2, 0) is 0 Å². The van der Waals surface area contributed by atoms with Crippen molar-refractivity contribution in [1.82, 2.24) is 10.2 Å². The van der Waals surface area contributed by atoms with Gasteiger partial charge in [0.2, 0.25) is 0 Å². The van der Waals surface area contributed by atoms with Gasteiger partial charge in [0.25, 0.3) is 0 Å². The summed E-state index contributed by atoms with van der Waals surface area (Å²) in [4.78, 5) is 2.21. The quantitative estimate of drug-likeness (QED) is 0.737. The van der Waals surface area contributed by atoms with Crippen molar-refractivity contribution in [2.45, 2.75) is 34.1 Å². The Morgan fingerprint density at radius 1 is 1.28 bits per heavy atom. The third-order valence-electron chi connectivity index (χ3n) is 4.50. The molecule has 3 N–H and O–H groups in total. The molecule has 0 fully saturated rings. The number of anilines is 2. The zero-order chi connectivity index (χ0) is 18.4. The smallest absolute Gasteiger partial charge is 0.169 e. The minimum Gasteiger partial charge on any atom is -0.507 e. The van der Waals surface area contributed by atoms with Gasteiger partial charge in [-0.05, 0) is 44.4 Å². The van der Waals surface area contributed by atoms with E-state index in [0.29, 0.717) is 23.0 Å². The average molecular weight is 340 g/mol. The van der Waals surface area contributed by atoms with Gasteiger partial charge < -0.3 is 15.7 Å². The van der Waals surface area contributed by atoms with E-state index in [2.05, 4.69) is 48.9 Å². The number of nitrogens with zero attached hydrogens (tertiary/aromatic N) is 3. The number of rotatable bonds is 7. The van der Waals surface area contributed by atoms with E-state index in [9.17, 15) is 5.11 Å². The summed E-state index contributed by atoms with van der Waals surface area (Å²) in [5, 5.41) is 18.3. The number of phenolic OH excluding ortho intramolecular Hbond substituents is 1. The van der Waals surface area contributed by atoms with Crippen molar-refractivity contribution in [3.8, 4) is 17.0 Å². The first-order valence-corrected chi connectivity index (χ1v) is 8.81. The number of nitrogens with two attached hydrogens (primary N) is 1. The van der Waals surface area contributed by atoms with Crippen molar-refractivity contribution < 1.29 is 5.11 Å². The van der Waals surface area contributed by atoms with Crippen molar-refractivity contribution in [1.29, 1.82) is 0 Å². The van der Waals surface area contributed by atoms with Crippen LogP contribution >= 0.6 is 0 Å². The highest BCUT2D eigenvalue weighted by molar-refractivity contribution is 5.73. The molecule has 1 atom stereocenters. The van der Waals surface area contributed by atoms with E-state index in [1.165, 1.54) is 5.57 Å². The summed E-state index contributed by atoms with van der Waals surface area (Å²) in [5.74, 6) is 1.01. The Morgan fingerprint density at radius 3 is 2.64 bits per heavy atom. The van der Waals surface area contributed by atoms with Gasteiger partial charge in [0.15, 0.2) is 5.82 Å². The van der Waals surface area contributed by atoms with Crippen LogP contribution in [0.5, 0.6) is 5.75 Å². The molecule has 0 spiro atoms. The minimum absolute atomic E-state index is 0.186. The molecular weight excluding hydrogens is 312 g/mol. The molecule has 5 nitrogen and oxygen atoms in total. The second kappa shape index (κ2) is 8.51. The number of benzene rings is 1. The summed E-state index contributed by atoms with van der Waals surface area (Å²) < 4.78 is 0. The lowest BCUT2D eigenvalue weighted by atomic mass is 10.0. The molecule has 0 amide bonds. The van der Waals surface area contributed by atoms with Gasteiger partial charge in [-0.25, -0.2) is 0 Å². The fourth-order valence-corrected chi connectivity index (χ4v) is 2.86. The second-order valence-electron chi connectivity index (χ2n) is 6.31. The Balaban J connectivity index is 2.35. The van der Waals surface area contributed by atoms with Gasteiger partial charge in [-0.3, -0.25) is 0 Å². The van der Waals surface area contributed by atoms with Gasteiger partial charge >= 0.3 is 0 Å². The van der Waals surface area contributed by atoms with E-state index < -0.39 is 0 Å². The van der Waals surface area contributed by atoms with Gasteiger partial charge in [-0.1, -0.05) is 37.6 Å². The first-order chi connectivity index (χ1) is 12.0. The molecule has 0 bridgehead atoms. The summed E-state index contributed by atoms with van der Waals surface area (Å²) in [6.45, 7) is 10.3. The van der Waals surface area contributed by atoms with Crippen LogP contribution < -0.4 is 10.6 Å². The van der Waals surface area contributed by atoms with Crippen LogP contribution in [-0.4, -0.2) is 28.4 Å². The molecular formula is C20H28N4O. The van der Waals surface area contributed by atoms with Crippen LogP contribution in [0, 0.1) is 5.92 Å². The third kappa shape index (κ3) is 4.50. The largest absolute Gasteiger partial charge is 0.507 e. The molecule has 0 aliphatic carbocycles. The van der Waals surface area contributed by atoms with E-state index in [0.717, 1.165) is 25.2 Å². The van der Waals surface area contributed by atoms with Crippen molar-refractivity contribution >= 4 is 11.5 Å². The molecule has 25 heavy (non-hydrogen) atoms. The van der Waals surface area contributed by atoms with Crippen molar-refractivity contribution in [3.63, 3.8) is 0 Å². The average Bonchev–Trinajstić information content (AvgIpc) is 2.61. The SMILES string of the molecule is CC/C=C(/C)[C@H](C)CN(CC)c1cc(-c2ccccc2O)nnc1N. The van der Waals surface area contributed by atoms with Crippen LogP contribution in [0.25, 0.3) is 11.3 Å². The fourth-order valence-electron chi connectivity index (χ4n) is 2.86. The maximum Gasteiger partial charge on any atom is 0.169 e. The number of aromatic hydroxyl groups is 1. The summed E-state index contributed by atoms with van der Waals surface area (Å²) in [5.41, 5.74) is 9.61. The Kier molecular flexibility index (Phi) is 6.39. The van der Waals surface area contributed by atoms with Crippen LogP contribution in [0.2, 0.25) is 0 Å². The van der Waals surface area contributed by atoms with Gasteiger partial charge in [-0.15, -0.1) is 10.2 Å². The summed E-state index contributed by atoms with van der Waals surface area (Å²) in [7, 11) is 0. The minimum atomic E-state index is 0.186.